The smallest absolute Gasteiger partial charge is 0.252 e. The van der Waals surface area contributed by atoms with Crippen LogP contribution in [0.5, 0.6) is 0 Å². The molecule has 2 rings (SSSR count). The van der Waals surface area contributed by atoms with Crippen LogP contribution in [-0.4, -0.2) is 4.98 Å². The molecule has 0 amide bonds. The number of benzene rings is 1. The van der Waals surface area contributed by atoms with Gasteiger partial charge >= 0.3 is 18.5 Å². The molecule has 10 heteroatoms. The minimum Gasteiger partial charge on any atom is -0.252 e. The van der Waals surface area contributed by atoms with E-state index in [1.807, 2.05) is 0 Å². The lowest BCUT2D eigenvalue weighted by atomic mass is 9.97. The largest absolute Gasteiger partial charge is 0.418 e. The van der Waals surface area contributed by atoms with Crippen LogP contribution in [-0.2, 0) is 18.5 Å². The Kier molecular flexibility index (Phi) is 5.24. The van der Waals surface area contributed by atoms with Crippen LogP contribution >= 0.6 is 0 Å². The van der Waals surface area contributed by atoms with Crippen molar-refractivity contribution in [2.75, 3.05) is 0 Å². The van der Waals surface area contributed by atoms with Crippen molar-refractivity contribution in [2.24, 2.45) is 0 Å². The van der Waals surface area contributed by atoms with Crippen molar-refractivity contribution in [3.05, 3.63) is 52.7 Å². The summed E-state index contributed by atoms with van der Waals surface area (Å²) in [6, 6.07) is 1.91. The standard InChI is InChI=1S/C17H12F9N/c1-8(2)14-12(17(24,25)26)5-6-13(27-14)10-7-9(15(18,19)20)3-4-11(10)16(21,22)23/h3-8H,1-2H3. The molecule has 0 aliphatic heterocycles. The summed E-state index contributed by atoms with van der Waals surface area (Å²) in [7, 11) is 0. The van der Waals surface area contributed by atoms with Crippen LogP contribution in [0.2, 0.25) is 0 Å². The maximum absolute atomic E-state index is 13.2. The average Bonchev–Trinajstić information content (AvgIpc) is 2.51. The van der Waals surface area contributed by atoms with Gasteiger partial charge in [-0.05, 0) is 36.2 Å². The minimum absolute atomic E-state index is 0.239. The quantitative estimate of drug-likeness (QED) is 0.498. The molecule has 0 bridgehead atoms. The third kappa shape index (κ3) is 4.54. The zero-order valence-corrected chi connectivity index (χ0v) is 13.8. The summed E-state index contributed by atoms with van der Waals surface area (Å²) in [5.74, 6) is -0.818. The van der Waals surface area contributed by atoms with Crippen molar-refractivity contribution in [1.29, 1.82) is 0 Å². The highest BCUT2D eigenvalue weighted by atomic mass is 19.4. The lowest BCUT2D eigenvalue weighted by Crippen LogP contribution is -2.14. The Morgan fingerprint density at radius 1 is 0.704 bits per heavy atom. The molecular weight excluding hydrogens is 389 g/mol. The molecule has 1 nitrogen and oxygen atoms in total. The molecule has 0 radical (unpaired) electrons. The van der Waals surface area contributed by atoms with Crippen molar-refractivity contribution in [3.8, 4) is 11.3 Å². The lowest BCUT2D eigenvalue weighted by molar-refractivity contribution is -0.141. The summed E-state index contributed by atoms with van der Waals surface area (Å²) in [5.41, 5.74) is -6.04. The number of hydrogen-bond acceptors (Lipinski definition) is 1. The Labute approximate surface area is 147 Å². The highest BCUT2D eigenvalue weighted by Crippen LogP contribution is 2.42. The summed E-state index contributed by atoms with van der Waals surface area (Å²) in [6.45, 7) is 2.69. The van der Waals surface area contributed by atoms with E-state index in [1.165, 1.54) is 13.8 Å². The number of rotatable bonds is 2. The van der Waals surface area contributed by atoms with E-state index in [2.05, 4.69) is 4.98 Å². The van der Waals surface area contributed by atoms with Crippen molar-refractivity contribution in [3.63, 3.8) is 0 Å². The summed E-state index contributed by atoms with van der Waals surface area (Å²) in [5, 5.41) is 0. The van der Waals surface area contributed by atoms with E-state index in [4.69, 9.17) is 0 Å². The molecule has 0 fully saturated rings. The van der Waals surface area contributed by atoms with Gasteiger partial charge in [0.05, 0.1) is 28.1 Å². The molecule has 0 saturated carbocycles. The van der Waals surface area contributed by atoms with Gasteiger partial charge in [-0.1, -0.05) is 13.8 Å². The van der Waals surface area contributed by atoms with Crippen LogP contribution in [0.3, 0.4) is 0 Å². The van der Waals surface area contributed by atoms with Crippen molar-refractivity contribution in [1.82, 2.24) is 4.98 Å². The molecule has 1 aromatic carbocycles. The third-order valence-corrected chi connectivity index (χ3v) is 3.71. The zero-order chi connectivity index (χ0) is 20.8. The Morgan fingerprint density at radius 2 is 1.22 bits per heavy atom. The normalized spacial score (nSPS) is 13.3. The number of halogens is 9. The molecule has 2 aromatic rings. The van der Waals surface area contributed by atoms with Crippen molar-refractivity contribution in [2.45, 2.75) is 38.3 Å². The second-order valence-corrected chi connectivity index (χ2v) is 6.04. The van der Waals surface area contributed by atoms with E-state index in [-0.39, 0.29) is 18.2 Å². The molecule has 0 atom stereocenters. The molecule has 0 spiro atoms. The van der Waals surface area contributed by atoms with Gasteiger partial charge in [0.2, 0.25) is 0 Å². The molecule has 0 unspecified atom stereocenters. The number of pyridine rings is 1. The first-order valence-electron chi connectivity index (χ1n) is 7.49. The molecule has 1 heterocycles. The zero-order valence-electron chi connectivity index (χ0n) is 13.8. The Morgan fingerprint density at radius 3 is 1.67 bits per heavy atom. The number of aromatic nitrogens is 1. The first-order chi connectivity index (χ1) is 12.1. The fourth-order valence-corrected chi connectivity index (χ4v) is 2.48. The maximum Gasteiger partial charge on any atom is 0.418 e. The van der Waals surface area contributed by atoms with Gasteiger partial charge in [0, 0.05) is 5.56 Å². The van der Waals surface area contributed by atoms with Gasteiger partial charge in [-0.15, -0.1) is 0 Å². The second kappa shape index (κ2) is 6.72. The molecule has 0 aliphatic rings. The predicted octanol–water partition coefficient (Wildman–Crippen LogP) is 6.93. The molecular formula is C17H12F9N. The van der Waals surface area contributed by atoms with Crippen LogP contribution in [0.25, 0.3) is 11.3 Å². The van der Waals surface area contributed by atoms with Gasteiger partial charge in [-0.25, -0.2) is 0 Å². The number of nitrogens with zero attached hydrogens (tertiary/aromatic N) is 1. The van der Waals surface area contributed by atoms with E-state index in [0.29, 0.717) is 12.1 Å². The van der Waals surface area contributed by atoms with E-state index >= 15 is 0 Å². The van der Waals surface area contributed by atoms with E-state index < -0.39 is 58.1 Å². The molecule has 0 N–H and O–H groups in total. The molecule has 0 saturated heterocycles. The SMILES string of the molecule is CC(C)c1nc(-c2cc(C(F)(F)F)ccc2C(F)(F)F)ccc1C(F)(F)F. The van der Waals surface area contributed by atoms with E-state index in [1.54, 1.807) is 0 Å². The predicted molar refractivity (Wildman–Crippen MR) is 78.8 cm³/mol. The maximum atomic E-state index is 13.2. The van der Waals surface area contributed by atoms with Crippen LogP contribution in [0.4, 0.5) is 39.5 Å². The highest BCUT2D eigenvalue weighted by molar-refractivity contribution is 5.66. The van der Waals surface area contributed by atoms with Crippen LogP contribution < -0.4 is 0 Å². The van der Waals surface area contributed by atoms with Crippen molar-refractivity contribution < 1.29 is 39.5 Å². The van der Waals surface area contributed by atoms with Gasteiger partial charge in [0.1, 0.15) is 0 Å². The average molecular weight is 401 g/mol. The second-order valence-electron chi connectivity index (χ2n) is 6.04. The highest BCUT2D eigenvalue weighted by Gasteiger charge is 2.39. The third-order valence-electron chi connectivity index (χ3n) is 3.71. The van der Waals surface area contributed by atoms with Crippen molar-refractivity contribution >= 4 is 0 Å². The Balaban J connectivity index is 2.78. The summed E-state index contributed by atoms with van der Waals surface area (Å²) in [4.78, 5) is 3.62. The Bertz CT molecular complexity index is 830. The van der Waals surface area contributed by atoms with Crippen LogP contribution in [0.15, 0.2) is 30.3 Å². The molecule has 1 aromatic heterocycles. The lowest BCUT2D eigenvalue weighted by Gasteiger charge is -2.19. The summed E-state index contributed by atoms with van der Waals surface area (Å²) < 4.78 is 117. The summed E-state index contributed by atoms with van der Waals surface area (Å²) in [6.07, 6.45) is -14.7. The minimum atomic E-state index is -5.01. The molecule has 0 aliphatic carbocycles. The fraction of sp³-hybridized carbons (Fsp3) is 0.353. The molecule has 27 heavy (non-hydrogen) atoms. The Hall–Kier alpha value is -2.26. The topological polar surface area (TPSA) is 12.9 Å². The van der Waals surface area contributed by atoms with E-state index in [9.17, 15) is 39.5 Å². The van der Waals surface area contributed by atoms with Gasteiger partial charge < -0.3 is 0 Å². The fourth-order valence-electron chi connectivity index (χ4n) is 2.48. The van der Waals surface area contributed by atoms with Crippen LogP contribution in [0, 0.1) is 0 Å². The van der Waals surface area contributed by atoms with Gasteiger partial charge in [0.25, 0.3) is 0 Å². The monoisotopic (exact) mass is 401 g/mol. The summed E-state index contributed by atoms with van der Waals surface area (Å²) >= 11 is 0. The van der Waals surface area contributed by atoms with Gasteiger partial charge in [0.15, 0.2) is 0 Å². The number of alkyl halides is 9. The van der Waals surface area contributed by atoms with Gasteiger partial charge in [-0.2, -0.15) is 39.5 Å². The first kappa shape index (κ1) is 21.0. The van der Waals surface area contributed by atoms with E-state index in [0.717, 1.165) is 0 Å². The number of hydrogen-bond donors (Lipinski definition) is 0. The van der Waals surface area contributed by atoms with Crippen LogP contribution in [0.1, 0.15) is 42.1 Å². The van der Waals surface area contributed by atoms with Gasteiger partial charge in [-0.3, -0.25) is 4.98 Å². The first-order valence-corrected chi connectivity index (χ1v) is 7.49. The molecule has 148 valence electrons.